The van der Waals surface area contributed by atoms with Crippen LogP contribution in [0, 0.1) is 0 Å². The van der Waals surface area contributed by atoms with Crippen LogP contribution >= 0.6 is 0 Å². The minimum absolute atomic E-state index is 0.324. The monoisotopic (exact) mass is 238 g/mol. The van der Waals surface area contributed by atoms with Crippen LogP contribution in [0.4, 0.5) is 5.69 Å². The lowest BCUT2D eigenvalue weighted by Crippen LogP contribution is -2.26. The van der Waals surface area contributed by atoms with Gasteiger partial charge in [-0.1, -0.05) is 42.5 Å². The van der Waals surface area contributed by atoms with Gasteiger partial charge >= 0.3 is 0 Å². The van der Waals surface area contributed by atoms with Crippen LogP contribution in [0.3, 0.4) is 0 Å². The Labute approximate surface area is 108 Å². The highest BCUT2D eigenvalue weighted by atomic mass is 15.2. The van der Waals surface area contributed by atoms with Crippen LogP contribution < -0.4 is 10.6 Å². The summed E-state index contributed by atoms with van der Waals surface area (Å²) in [5.41, 5.74) is 9.79. The van der Waals surface area contributed by atoms with Gasteiger partial charge in [-0.25, -0.2) is 0 Å². The lowest BCUT2D eigenvalue weighted by atomic mass is 10.1. The van der Waals surface area contributed by atoms with Crippen molar-refractivity contribution in [3.8, 4) is 11.1 Å². The zero-order chi connectivity index (χ0) is 12.4. The Kier molecular flexibility index (Phi) is 3.03. The van der Waals surface area contributed by atoms with E-state index < -0.39 is 0 Å². The molecule has 92 valence electrons. The first-order valence-electron chi connectivity index (χ1n) is 6.49. The van der Waals surface area contributed by atoms with E-state index in [2.05, 4.69) is 53.4 Å². The normalized spacial score (nSPS) is 19.2. The summed E-state index contributed by atoms with van der Waals surface area (Å²) in [6, 6.07) is 19.5. The summed E-state index contributed by atoms with van der Waals surface area (Å²) in [5, 5.41) is 0. The quantitative estimate of drug-likeness (QED) is 0.871. The van der Waals surface area contributed by atoms with Crippen molar-refractivity contribution in [1.29, 1.82) is 0 Å². The summed E-state index contributed by atoms with van der Waals surface area (Å²) in [6.45, 7) is 2.04. The molecular weight excluding hydrogens is 220 g/mol. The van der Waals surface area contributed by atoms with E-state index in [1.165, 1.54) is 16.8 Å². The number of hydrogen-bond acceptors (Lipinski definition) is 2. The Bertz CT molecular complexity index is 522. The molecule has 2 nitrogen and oxygen atoms in total. The van der Waals surface area contributed by atoms with Crippen molar-refractivity contribution in [3.05, 3.63) is 54.6 Å². The minimum Gasteiger partial charge on any atom is -0.370 e. The van der Waals surface area contributed by atoms with Crippen molar-refractivity contribution in [2.75, 3.05) is 18.0 Å². The molecule has 2 N–H and O–H groups in total. The average molecular weight is 238 g/mol. The molecule has 18 heavy (non-hydrogen) atoms. The molecule has 0 amide bonds. The summed E-state index contributed by atoms with van der Waals surface area (Å²) in [5.74, 6) is 0. The highest BCUT2D eigenvalue weighted by Gasteiger charge is 2.19. The van der Waals surface area contributed by atoms with E-state index >= 15 is 0 Å². The number of nitrogens with two attached hydrogens (primary N) is 1. The molecule has 1 fully saturated rings. The minimum atomic E-state index is 0.324. The van der Waals surface area contributed by atoms with Gasteiger partial charge in [0.05, 0.1) is 0 Å². The molecule has 0 bridgehead atoms. The average Bonchev–Trinajstić information content (AvgIpc) is 2.87. The van der Waals surface area contributed by atoms with Crippen LogP contribution in [0.25, 0.3) is 11.1 Å². The van der Waals surface area contributed by atoms with E-state index in [0.717, 1.165) is 19.5 Å². The van der Waals surface area contributed by atoms with Crippen molar-refractivity contribution >= 4 is 5.69 Å². The first-order chi connectivity index (χ1) is 8.83. The van der Waals surface area contributed by atoms with Gasteiger partial charge in [0.25, 0.3) is 0 Å². The molecule has 2 aromatic rings. The van der Waals surface area contributed by atoms with Gasteiger partial charge in [0.1, 0.15) is 0 Å². The predicted molar refractivity (Wildman–Crippen MR) is 76.7 cm³/mol. The van der Waals surface area contributed by atoms with Gasteiger partial charge in [-0.2, -0.15) is 0 Å². The molecule has 1 aliphatic rings. The molecule has 0 aromatic heterocycles. The third kappa shape index (κ3) is 2.24. The zero-order valence-electron chi connectivity index (χ0n) is 10.4. The summed E-state index contributed by atoms with van der Waals surface area (Å²) in [6.07, 6.45) is 1.09. The van der Waals surface area contributed by atoms with Gasteiger partial charge in [0, 0.05) is 24.8 Å². The largest absolute Gasteiger partial charge is 0.370 e. The first kappa shape index (κ1) is 11.3. The van der Waals surface area contributed by atoms with Crippen LogP contribution in [-0.2, 0) is 0 Å². The van der Waals surface area contributed by atoms with Crippen molar-refractivity contribution in [1.82, 2.24) is 0 Å². The Hall–Kier alpha value is -1.80. The maximum absolute atomic E-state index is 5.97. The molecule has 0 spiro atoms. The van der Waals surface area contributed by atoms with Gasteiger partial charge in [-0.3, -0.25) is 0 Å². The molecule has 2 heteroatoms. The van der Waals surface area contributed by atoms with Crippen molar-refractivity contribution in [2.24, 2.45) is 5.73 Å². The number of benzene rings is 2. The van der Waals surface area contributed by atoms with Crippen LogP contribution in [0.1, 0.15) is 6.42 Å². The van der Waals surface area contributed by atoms with E-state index in [9.17, 15) is 0 Å². The van der Waals surface area contributed by atoms with E-state index in [0.29, 0.717) is 6.04 Å². The van der Waals surface area contributed by atoms with Crippen molar-refractivity contribution in [3.63, 3.8) is 0 Å². The smallest absolute Gasteiger partial charge is 0.0372 e. The highest BCUT2D eigenvalue weighted by molar-refractivity contribution is 5.68. The fraction of sp³-hybridized carbons (Fsp3) is 0.250. The van der Waals surface area contributed by atoms with E-state index in [-0.39, 0.29) is 0 Å². The van der Waals surface area contributed by atoms with Crippen molar-refractivity contribution < 1.29 is 0 Å². The number of anilines is 1. The standard InChI is InChI=1S/C16H18N2/c17-15-9-10-18(12-15)16-8-4-7-14(11-16)13-5-2-1-3-6-13/h1-8,11,15H,9-10,12,17H2/t15-/m1/s1. The van der Waals surface area contributed by atoms with E-state index in [4.69, 9.17) is 5.73 Å². The Morgan fingerprint density at radius 1 is 0.944 bits per heavy atom. The van der Waals surface area contributed by atoms with Gasteiger partial charge < -0.3 is 10.6 Å². The van der Waals surface area contributed by atoms with Gasteiger partial charge in [0.15, 0.2) is 0 Å². The molecule has 1 atom stereocenters. The molecule has 3 rings (SSSR count). The summed E-state index contributed by atoms with van der Waals surface area (Å²) < 4.78 is 0. The third-order valence-corrected chi connectivity index (χ3v) is 3.54. The van der Waals surface area contributed by atoms with Crippen LogP contribution in [0.2, 0.25) is 0 Å². The third-order valence-electron chi connectivity index (χ3n) is 3.54. The molecule has 1 heterocycles. The molecule has 0 unspecified atom stereocenters. The number of hydrogen-bond donors (Lipinski definition) is 1. The maximum Gasteiger partial charge on any atom is 0.0372 e. The maximum atomic E-state index is 5.97. The SMILES string of the molecule is N[C@@H]1CCN(c2cccc(-c3ccccc3)c2)C1. The number of rotatable bonds is 2. The molecule has 0 saturated carbocycles. The molecule has 2 aromatic carbocycles. The molecule has 0 radical (unpaired) electrons. The fourth-order valence-electron chi connectivity index (χ4n) is 2.53. The highest BCUT2D eigenvalue weighted by Crippen LogP contribution is 2.26. The van der Waals surface area contributed by atoms with Crippen LogP contribution in [0.15, 0.2) is 54.6 Å². The number of nitrogens with zero attached hydrogens (tertiary/aromatic N) is 1. The van der Waals surface area contributed by atoms with Gasteiger partial charge in [0.2, 0.25) is 0 Å². The van der Waals surface area contributed by atoms with Gasteiger partial charge in [-0.15, -0.1) is 0 Å². The zero-order valence-corrected chi connectivity index (χ0v) is 10.4. The van der Waals surface area contributed by atoms with E-state index in [1.54, 1.807) is 0 Å². The Balaban J connectivity index is 1.90. The van der Waals surface area contributed by atoms with Crippen LogP contribution in [0.5, 0.6) is 0 Å². The Morgan fingerprint density at radius 2 is 1.72 bits per heavy atom. The van der Waals surface area contributed by atoms with E-state index in [1.807, 2.05) is 6.07 Å². The fourth-order valence-corrected chi connectivity index (χ4v) is 2.53. The summed E-state index contributed by atoms with van der Waals surface area (Å²) in [4.78, 5) is 2.37. The van der Waals surface area contributed by atoms with Gasteiger partial charge in [-0.05, 0) is 29.7 Å². The second-order valence-electron chi connectivity index (χ2n) is 4.91. The topological polar surface area (TPSA) is 29.3 Å². The molecular formula is C16H18N2. The lowest BCUT2D eigenvalue weighted by molar-refractivity contribution is 0.752. The second kappa shape index (κ2) is 4.83. The second-order valence-corrected chi connectivity index (χ2v) is 4.91. The van der Waals surface area contributed by atoms with Crippen LogP contribution in [-0.4, -0.2) is 19.1 Å². The first-order valence-corrected chi connectivity index (χ1v) is 6.49. The summed E-state index contributed by atoms with van der Waals surface area (Å²) >= 11 is 0. The predicted octanol–water partition coefficient (Wildman–Crippen LogP) is 2.89. The Morgan fingerprint density at radius 3 is 2.44 bits per heavy atom. The summed E-state index contributed by atoms with van der Waals surface area (Å²) in [7, 11) is 0. The lowest BCUT2D eigenvalue weighted by Gasteiger charge is -2.19. The molecule has 1 saturated heterocycles. The van der Waals surface area contributed by atoms with Crippen molar-refractivity contribution in [2.45, 2.75) is 12.5 Å². The molecule has 1 aliphatic heterocycles. The molecule has 0 aliphatic carbocycles.